The minimum atomic E-state index is -0.0913. The molecule has 2 aromatic rings. The molecule has 3 atom stereocenters. The van der Waals surface area contributed by atoms with Gasteiger partial charge in [-0.15, -0.1) is 0 Å². The molecule has 1 heterocycles. The van der Waals surface area contributed by atoms with E-state index in [1.54, 1.807) is 33.5 Å². The molecule has 1 aliphatic heterocycles. The maximum absolute atomic E-state index is 12.6. The number of fused-ring (bicyclic) bond motifs is 3. The van der Waals surface area contributed by atoms with Crippen LogP contribution in [-0.4, -0.2) is 39.3 Å². The number of hydrogen-bond donors (Lipinski definition) is 2. The van der Waals surface area contributed by atoms with E-state index in [9.17, 15) is 4.79 Å². The standard InChI is InChI=1S/C24H28N2O4/c1-28-21-12-15(13-22(29-2)24(21)30-3)8-11-23(27)25-16-9-10-20-18(14-16)17-6-4-5-7-19(17)26-20/h4-8,11-13,16,18,20,26H,9-10,14H2,1-3H3,(H,25,27)/b11-8+. The van der Waals surface area contributed by atoms with Gasteiger partial charge in [-0.05, 0) is 54.7 Å². The predicted octanol–water partition coefficient (Wildman–Crippen LogP) is 3.97. The fourth-order valence-electron chi connectivity index (χ4n) is 4.59. The van der Waals surface area contributed by atoms with E-state index in [1.165, 1.54) is 11.3 Å². The van der Waals surface area contributed by atoms with E-state index in [1.807, 2.05) is 12.1 Å². The maximum atomic E-state index is 12.6. The number of hydrogen-bond acceptors (Lipinski definition) is 5. The van der Waals surface area contributed by atoms with Gasteiger partial charge in [0.25, 0.3) is 0 Å². The molecular weight excluding hydrogens is 380 g/mol. The molecule has 0 spiro atoms. The number of carbonyl (C=O) groups is 1. The van der Waals surface area contributed by atoms with Crippen LogP contribution in [0, 0.1) is 0 Å². The molecule has 30 heavy (non-hydrogen) atoms. The number of methoxy groups -OCH3 is 3. The van der Waals surface area contributed by atoms with Crippen LogP contribution in [0.5, 0.6) is 17.2 Å². The molecule has 2 N–H and O–H groups in total. The average Bonchev–Trinajstić information content (AvgIpc) is 3.14. The fourth-order valence-corrected chi connectivity index (χ4v) is 4.59. The van der Waals surface area contributed by atoms with Crippen molar-refractivity contribution in [3.63, 3.8) is 0 Å². The van der Waals surface area contributed by atoms with Gasteiger partial charge in [-0.25, -0.2) is 0 Å². The highest BCUT2D eigenvalue weighted by Gasteiger charge is 2.37. The Morgan fingerprint density at radius 2 is 1.80 bits per heavy atom. The summed E-state index contributed by atoms with van der Waals surface area (Å²) in [6.45, 7) is 0. The first kappa shape index (κ1) is 20.1. The van der Waals surface area contributed by atoms with Gasteiger partial charge in [0.15, 0.2) is 11.5 Å². The number of benzene rings is 2. The van der Waals surface area contributed by atoms with E-state index in [0.29, 0.717) is 29.2 Å². The fraction of sp³-hybridized carbons (Fsp3) is 0.375. The van der Waals surface area contributed by atoms with E-state index in [2.05, 4.69) is 34.9 Å². The van der Waals surface area contributed by atoms with Crippen LogP contribution >= 0.6 is 0 Å². The van der Waals surface area contributed by atoms with Crippen LogP contribution in [-0.2, 0) is 4.79 Å². The van der Waals surface area contributed by atoms with E-state index < -0.39 is 0 Å². The molecule has 0 radical (unpaired) electrons. The van der Waals surface area contributed by atoms with Crippen molar-refractivity contribution in [2.75, 3.05) is 26.6 Å². The number of para-hydroxylation sites is 1. The molecule has 0 bridgehead atoms. The molecule has 1 aliphatic carbocycles. The highest BCUT2D eigenvalue weighted by atomic mass is 16.5. The van der Waals surface area contributed by atoms with Crippen molar-refractivity contribution < 1.29 is 19.0 Å². The van der Waals surface area contributed by atoms with Crippen LogP contribution in [0.25, 0.3) is 6.08 Å². The molecule has 0 saturated heterocycles. The zero-order valence-corrected chi connectivity index (χ0v) is 17.6. The summed E-state index contributed by atoms with van der Waals surface area (Å²) in [5, 5.41) is 6.80. The monoisotopic (exact) mass is 408 g/mol. The van der Waals surface area contributed by atoms with Gasteiger partial charge >= 0.3 is 0 Å². The molecule has 3 unspecified atom stereocenters. The van der Waals surface area contributed by atoms with Crippen LogP contribution in [0.3, 0.4) is 0 Å². The van der Waals surface area contributed by atoms with Crippen LogP contribution in [0.4, 0.5) is 5.69 Å². The quantitative estimate of drug-likeness (QED) is 0.708. The molecule has 4 rings (SSSR count). The Kier molecular flexibility index (Phi) is 5.84. The summed E-state index contributed by atoms with van der Waals surface area (Å²) in [6, 6.07) is 12.8. The zero-order valence-electron chi connectivity index (χ0n) is 17.6. The summed E-state index contributed by atoms with van der Waals surface area (Å²) in [4.78, 5) is 12.6. The van der Waals surface area contributed by atoms with E-state index in [4.69, 9.17) is 14.2 Å². The summed E-state index contributed by atoms with van der Waals surface area (Å²) in [5.74, 6) is 2.01. The van der Waals surface area contributed by atoms with Crippen molar-refractivity contribution >= 4 is 17.7 Å². The minimum Gasteiger partial charge on any atom is -0.493 e. The van der Waals surface area contributed by atoms with Gasteiger partial charge in [-0.3, -0.25) is 4.79 Å². The lowest BCUT2D eigenvalue weighted by Gasteiger charge is -2.32. The van der Waals surface area contributed by atoms with Crippen molar-refractivity contribution in [1.29, 1.82) is 0 Å². The number of amides is 1. The van der Waals surface area contributed by atoms with Gasteiger partial charge in [-0.2, -0.15) is 0 Å². The molecule has 0 aromatic heterocycles. The predicted molar refractivity (Wildman–Crippen MR) is 118 cm³/mol. The number of ether oxygens (including phenoxy) is 3. The number of nitrogens with one attached hydrogen (secondary N) is 2. The lowest BCUT2D eigenvalue weighted by atomic mass is 9.80. The zero-order chi connectivity index (χ0) is 21.1. The molecule has 1 amide bonds. The number of rotatable bonds is 6. The van der Waals surface area contributed by atoms with E-state index in [0.717, 1.165) is 24.8 Å². The van der Waals surface area contributed by atoms with Crippen LogP contribution < -0.4 is 24.8 Å². The van der Waals surface area contributed by atoms with Crippen molar-refractivity contribution in [2.45, 2.75) is 37.3 Å². The first-order valence-electron chi connectivity index (χ1n) is 10.3. The summed E-state index contributed by atoms with van der Waals surface area (Å²) in [5.41, 5.74) is 3.41. The van der Waals surface area contributed by atoms with E-state index in [-0.39, 0.29) is 11.9 Å². The van der Waals surface area contributed by atoms with Crippen molar-refractivity contribution in [1.82, 2.24) is 5.32 Å². The Morgan fingerprint density at radius 3 is 2.50 bits per heavy atom. The third-order valence-corrected chi connectivity index (χ3v) is 6.01. The van der Waals surface area contributed by atoms with Gasteiger partial charge in [0.1, 0.15) is 0 Å². The minimum absolute atomic E-state index is 0.0913. The second-order valence-electron chi connectivity index (χ2n) is 7.76. The summed E-state index contributed by atoms with van der Waals surface area (Å²) in [7, 11) is 4.71. The molecule has 6 heteroatoms. The maximum Gasteiger partial charge on any atom is 0.244 e. The SMILES string of the molecule is COc1cc(/C=C/C(=O)NC2CCC3Nc4ccccc4C3C2)cc(OC)c1OC. The second-order valence-corrected chi connectivity index (χ2v) is 7.76. The van der Waals surface area contributed by atoms with Crippen LogP contribution in [0.2, 0.25) is 0 Å². The molecule has 2 aliphatic rings. The Labute approximate surface area is 177 Å². The first-order chi connectivity index (χ1) is 14.6. The summed E-state index contributed by atoms with van der Waals surface area (Å²) in [6.07, 6.45) is 6.32. The number of anilines is 1. The van der Waals surface area contributed by atoms with Gasteiger partial charge in [-0.1, -0.05) is 18.2 Å². The van der Waals surface area contributed by atoms with Gasteiger partial charge in [0.05, 0.1) is 21.3 Å². The molecule has 1 saturated carbocycles. The Balaban J connectivity index is 1.41. The lowest BCUT2D eigenvalue weighted by Crippen LogP contribution is -2.41. The van der Waals surface area contributed by atoms with Crippen molar-refractivity contribution in [2.24, 2.45) is 0 Å². The van der Waals surface area contributed by atoms with Gasteiger partial charge in [0, 0.05) is 29.8 Å². The smallest absolute Gasteiger partial charge is 0.244 e. The topological polar surface area (TPSA) is 68.8 Å². The highest BCUT2D eigenvalue weighted by molar-refractivity contribution is 5.92. The largest absolute Gasteiger partial charge is 0.493 e. The Hall–Kier alpha value is -3.15. The first-order valence-corrected chi connectivity index (χ1v) is 10.3. The van der Waals surface area contributed by atoms with Gasteiger partial charge in [0.2, 0.25) is 11.7 Å². The second kappa shape index (κ2) is 8.69. The molecule has 158 valence electrons. The average molecular weight is 408 g/mol. The third-order valence-electron chi connectivity index (χ3n) is 6.01. The molecule has 1 fully saturated rings. The van der Waals surface area contributed by atoms with Crippen molar-refractivity contribution in [3.05, 3.63) is 53.6 Å². The van der Waals surface area contributed by atoms with Gasteiger partial charge < -0.3 is 24.8 Å². The Morgan fingerprint density at radius 1 is 1.07 bits per heavy atom. The Bertz CT molecular complexity index is 931. The summed E-state index contributed by atoms with van der Waals surface area (Å²) < 4.78 is 16.1. The molecule has 2 aromatic carbocycles. The van der Waals surface area contributed by atoms with Crippen LogP contribution in [0.1, 0.15) is 36.3 Å². The van der Waals surface area contributed by atoms with Crippen molar-refractivity contribution in [3.8, 4) is 17.2 Å². The lowest BCUT2D eigenvalue weighted by molar-refractivity contribution is -0.117. The summed E-state index contributed by atoms with van der Waals surface area (Å²) >= 11 is 0. The highest BCUT2D eigenvalue weighted by Crippen LogP contribution is 2.43. The van der Waals surface area contributed by atoms with E-state index >= 15 is 0 Å². The number of carbonyl (C=O) groups excluding carboxylic acids is 1. The molecular formula is C24H28N2O4. The normalized spacial score (nSPS) is 22.0. The van der Waals surface area contributed by atoms with Crippen LogP contribution in [0.15, 0.2) is 42.5 Å². The molecule has 6 nitrogen and oxygen atoms in total. The third kappa shape index (κ3) is 3.95.